The zero-order valence-corrected chi connectivity index (χ0v) is 11.3. The smallest absolute Gasteiger partial charge is 0.271 e. The minimum Gasteiger partial charge on any atom is -0.482 e. The predicted molar refractivity (Wildman–Crippen MR) is 68.6 cm³/mol. The van der Waals surface area contributed by atoms with Gasteiger partial charge in [-0.15, -0.1) is 0 Å². The van der Waals surface area contributed by atoms with Gasteiger partial charge in [-0.05, 0) is 6.07 Å². The largest absolute Gasteiger partial charge is 0.482 e. The third kappa shape index (κ3) is 4.71. The zero-order chi connectivity index (χ0) is 16.0. The molecule has 10 nitrogen and oxygen atoms in total. The van der Waals surface area contributed by atoms with Crippen molar-refractivity contribution >= 4 is 21.6 Å². The number of nitro groups is 1. The van der Waals surface area contributed by atoms with Crippen molar-refractivity contribution in [3.05, 3.63) is 28.3 Å². The van der Waals surface area contributed by atoms with Gasteiger partial charge in [-0.3, -0.25) is 14.9 Å². The summed E-state index contributed by atoms with van der Waals surface area (Å²) < 4.78 is 27.7. The number of nitrogens with two attached hydrogens (primary N) is 1. The van der Waals surface area contributed by atoms with Gasteiger partial charge in [0.1, 0.15) is 17.2 Å². The number of nitrogens with zero attached hydrogens (tertiary/aromatic N) is 2. The Labute approximate surface area is 119 Å². The fraction of sp³-hybridized carbons (Fsp3) is 0.200. The minimum atomic E-state index is -4.27. The molecular weight excluding hydrogens is 304 g/mol. The molecule has 0 atom stereocenters. The third-order valence-corrected chi connectivity index (χ3v) is 3.10. The standard InChI is InChI=1S/C10H10N4O6S/c11-3-4-13-10(15)6-20-8-2-1-7(14(16)17)5-9(8)21(12,18)19/h1-2,5H,4,6H2,(H,13,15)(H2,12,18,19). The van der Waals surface area contributed by atoms with Gasteiger partial charge in [-0.25, -0.2) is 13.6 Å². The van der Waals surface area contributed by atoms with E-state index < -0.39 is 38.0 Å². The van der Waals surface area contributed by atoms with E-state index in [2.05, 4.69) is 5.32 Å². The Hall–Kier alpha value is -2.71. The highest BCUT2D eigenvalue weighted by molar-refractivity contribution is 7.89. The second-order valence-electron chi connectivity index (χ2n) is 3.66. The maximum absolute atomic E-state index is 11.4. The van der Waals surface area contributed by atoms with E-state index in [-0.39, 0.29) is 12.3 Å². The molecule has 0 saturated carbocycles. The molecule has 1 aromatic carbocycles. The number of sulfonamides is 1. The summed E-state index contributed by atoms with van der Waals surface area (Å²) in [4.78, 5) is 20.4. The molecule has 1 amide bonds. The molecule has 0 saturated heterocycles. The van der Waals surface area contributed by atoms with Crippen LogP contribution in [0.25, 0.3) is 0 Å². The van der Waals surface area contributed by atoms with E-state index in [1.165, 1.54) is 0 Å². The summed E-state index contributed by atoms with van der Waals surface area (Å²) in [5.74, 6) is -0.953. The summed E-state index contributed by atoms with van der Waals surface area (Å²) in [6.45, 7) is -0.799. The maximum Gasteiger partial charge on any atom is 0.271 e. The average Bonchev–Trinajstić information content (AvgIpc) is 2.41. The molecule has 0 aliphatic heterocycles. The molecule has 3 N–H and O–H groups in total. The summed E-state index contributed by atoms with van der Waals surface area (Å²) in [6, 6.07) is 4.44. The Kier molecular flexibility index (Phi) is 5.17. The lowest BCUT2D eigenvalue weighted by molar-refractivity contribution is -0.385. The lowest BCUT2D eigenvalue weighted by Crippen LogP contribution is -2.29. The molecule has 11 heteroatoms. The van der Waals surface area contributed by atoms with Crippen molar-refractivity contribution in [2.75, 3.05) is 13.2 Å². The fourth-order valence-electron chi connectivity index (χ4n) is 1.28. The van der Waals surface area contributed by atoms with Crippen LogP contribution in [0.5, 0.6) is 5.75 Å². The van der Waals surface area contributed by atoms with Crippen molar-refractivity contribution in [1.82, 2.24) is 5.32 Å². The van der Waals surface area contributed by atoms with Gasteiger partial charge in [0.25, 0.3) is 11.6 Å². The van der Waals surface area contributed by atoms with Gasteiger partial charge in [-0.2, -0.15) is 5.26 Å². The first kappa shape index (κ1) is 16.3. The second kappa shape index (κ2) is 6.64. The van der Waals surface area contributed by atoms with Crippen LogP contribution in [0.1, 0.15) is 0 Å². The summed E-state index contributed by atoms with van der Waals surface area (Å²) in [5.41, 5.74) is -0.486. The van der Waals surface area contributed by atoms with Gasteiger partial charge in [-0.1, -0.05) is 0 Å². The molecule has 112 valence electrons. The number of nitriles is 1. The summed E-state index contributed by atoms with van der Waals surface area (Å²) >= 11 is 0. The van der Waals surface area contributed by atoms with Crippen LogP contribution in [0.2, 0.25) is 0 Å². The van der Waals surface area contributed by atoms with Crippen molar-refractivity contribution in [1.29, 1.82) is 5.26 Å². The van der Waals surface area contributed by atoms with Crippen LogP contribution in [0, 0.1) is 21.4 Å². The first-order chi connectivity index (χ1) is 9.75. The zero-order valence-electron chi connectivity index (χ0n) is 10.5. The Balaban J connectivity index is 3.00. The van der Waals surface area contributed by atoms with Crippen molar-refractivity contribution in [3.63, 3.8) is 0 Å². The van der Waals surface area contributed by atoms with Gasteiger partial charge < -0.3 is 10.1 Å². The Morgan fingerprint density at radius 1 is 1.52 bits per heavy atom. The molecule has 1 rings (SSSR count). The van der Waals surface area contributed by atoms with Crippen LogP contribution < -0.4 is 15.2 Å². The topological polar surface area (TPSA) is 165 Å². The van der Waals surface area contributed by atoms with Crippen molar-refractivity contribution in [2.45, 2.75) is 4.90 Å². The number of benzene rings is 1. The molecule has 0 radical (unpaired) electrons. The van der Waals surface area contributed by atoms with E-state index >= 15 is 0 Å². The van der Waals surface area contributed by atoms with Crippen LogP contribution in [0.4, 0.5) is 5.69 Å². The molecule has 0 aliphatic carbocycles. The molecule has 0 spiro atoms. The van der Waals surface area contributed by atoms with E-state index in [0.717, 1.165) is 18.2 Å². The fourth-order valence-corrected chi connectivity index (χ4v) is 1.98. The number of carbonyl (C=O) groups is 1. The SMILES string of the molecule is N#CCNC(=O)COc1ccc([N+](=O)[O-])cc1S(N)(=O)=O. The first-order valence-electron chi connectivity index (χ1n) is 5.33. The van der Waals surface area contributed by atoms with Crippen LogP contribution in [-0.2, 0) is 14.8 Å². The lowest BCUT2D eigenvalue weighted by atomic mass is 10.3. The molecule has 0 unspecified atom stereocenters. The highest BCUT2D eigenvalue weighted by atomic mass is 32.2. The second-order valence-corrected chi connectivity index (χ2v) is 5.19. The number of ether oxygens (including phenoxy) is 1. The molecule has 1 aromatic rings. The van der Waals surface area contributed by atoms with Gasteiger partial charge in [0.15, 0.2) is 6.61 Å². The predicted octanol–water partition coefficient (Wildman–Crippen LogP) is -0.739. The van der Waals surface area contributed by atoms with Gasteiger partial charge >= 0.3 is 0 Å². The monoisotopic (exact) mass is 314 g/mol. The Bertz CT molecular complexity index is 709. The molecule has 0 aliphatic rings. The summed E-state index contributed by atoms with van der Waals surface area (Å²) in [5, 5.41) is 26.0. The number of primary sulfonamides is 1. The molecule has 0 heterocycles. The molecule has 21 heavy (non-hydrogen) atoms. The molecular formula is C10H10N4O6S. The van der Waals surface area contributed by atoms with E-state index in [1.54, 1.807) is 6.07 Å². The Morgan fingerprint density at radius 3 is 2.71 bits per heavy atom. The highest BCUT2D eigenvalue weighted by Crippen LogP contribution is 2.27. The maximum atomic E-state index is 11.4. The van der Waals surface area contributed by atoms with Gasteiger partial charge in [0.05, 0.1) is 11.0 Å². The number of amides is 1. The normalized spacial score (nSPS) is 10.5. The third-order valence-electron chi connectivity index (χ3n) is 2.17. The van der Waals surface area contributed by atoms with E-state index in [4.69, 9.17) is 15.1 Å². The molecule has 0 fully saturated rings. The van der Waals surface area contributed by atoms with Gasteiger partial charge in [0.2, 0.25) is 10.0 Å². The van der Waals surface area contributed by atoms with Crippen molar-refractivity contribution < 1.29 is 22.9 Å². The minimum absolute atomic E-state index is 0.232. The average molecular weight is 314 g/mol. The number of rotatable bonds is 6. The first-order valence-corrected chi connectivity index (χ1v) is 6.88. The Morgan fingerprint density at radius 2 is 2.19 bits per heavy atom. The quantitative estimate of drug-likeness (QED) is 0.396. The van der Waals surface area contributed by atoms with E-state index in [1.807, 2.05) is 0 Å². The van der Waals surface area contributed by atoms with Crippen molar-refractivity contribution in [2.24, 2.45) is 5.14 Å². The van der Waals surface area contributed by atoms with Crippen LogP contribution in [0.15, 0.2) is 23.1 Å². The number of nitro benzene ring substituents is 1. The van der Waals surface area contributed by atoms with Crippen molar-refractivity contribution in [3.8, 4) is 11.8 Å². The summed E-state index contributed by atoms with van der Waals surface area (Å²) in [7, 11) is -4.27. The number of hydrogen-bond donors (Lipinski definition) is 2. The highest BCUT2D eigenvalue weighted by Gasteiger charge is 2.20. The summed E-state index contributed by atoms with van der Waals surface area (Å²) in [6.07, 6.45) is 0. The lowest BCUT2D eigenvalue weighted by Gasteiger charge is -2.09. The van der Waals surface area contributed by atoms with Gasteiger partial charge in [0, 0.05) is 12.1 Å². The number of non-ortho nitro benzene ring substituents is 1. The number of hydrogen-bond acceptors (Lipinski definition) is 7. The number of carbonyl (C=O) groups excluding carboxylic acids is 1. The van der Waals surface area contributed by atoms with Crippen LogP contribution >= 0.6 is 0 Å². The van der Waals surface area contributed by atoms with Crippen LogP contribution in [0.3, 0.4) is 0 Å². The number of nitrogens with one attached hydrogen (secondary N) is 1. The van der Waals surface area contributed by atoms with Crippen LogP contribution in [-0.4, -0.2) is 32.4 Å². The molecule has 0 bridgehead atoms. The van der Waals surface area contributed by atoms with E-state index in [9.17, 15) is 23.3 Å². The molecule has 0 aromatic heterocycles. The van der Waals surface area contributed by atoms with E-state index in [0.29, 0.717) is 0 Å².